The fourth-order valence-corrected chi connectivity index (χ4v) is 7.82. The zero-order valence-electron chi connectivity index (χ0n) is 33.7. The third kappa shape index (κ3) is 10.5. The molecule has 5 aliphatic rings. The molecule has 0 aliphatic carbocycles. The average molecular weight is 862 g/mol. The van der Waals surface area contributed by atoms with Gasteiger partial charge in [0, 0.05) is 19.4 Å². The lowest BCUT2D eigenvalue weighted by molar-refractivity contribution is -0.389. The summed E-state index contributed by atoms with van der Waals surface area (Å²) in [4.78, 5) is 12.8. The van der Waals surface area contributed by atoms with Gasteiger partial charge in [0.25, 0.3) is 0 Å². The van der Waals surface area contributed by atoms with Crippen molar-refractivity contribution in [3.05, 3.63) is 0 Å². The molecule has 5 rings (SSSR count). The van der Waals surface area contributed by atoms with Crippen LogP contribution in [-0.4, -0.2) is 229 Å². The summed E-state index contributed by atoms with van der Waals surface area (Å²) in [6, 6.07) is -1.44. The van der Waals surface area contributed by atoms with Crippen molar-refractivity contribution in [3.8, 4) is 0 Å². The molecule has 5 fully saturated rings. The van der Waals surface area contributed by atoms with E-state index in [9.17, 15) is 61.0 Å². The molecular weight excluding hydrogens is 798 g/mol. The Balaban J connectivity index is 1.44. The number of carbonyl (C=O) groups excluding carboxylic acids is 1. The third-order valence-corrected chi connectivity index (χ3v) is 11.4. The Kier molecular flexibility index (Phi) is 17.2. The van der Waals surface area contributed by atoms with E-state index in [2.05, 4.69) is 5.32 Å². The van der Waals surface area contributed by atoms with Gasteiger partial charge in [-0.2, -0.15) is 0 Å². The quantitative estimate of drug-likeness (QED) is 0.0773. The molecule has 59 heavy (non-hydrogen) atoms. The summed E-state index contributed by atoms with van der Waals surface area (Å²) in [5.41, 5.74) is 0. The predicted octanol–water partition coefficient (Wildman–Crippen LogP) is -5.99. The summed E-state index contributed by atoms with van der Waals surface area (Å²) >= 11 is 0. The molecule has 23 nitrogen and oxygen atoms in total. The minimum atomic E-state index is -1.88. The SMILES string of the molecule is CCCO[C@@H]1OC(C)[C@H](O)[C@H](O[C@H]2O[C@@H](CO)[C@@H](O)C(O)C2O)C1O[C@@H]1OC(CO)[C@@H](O)C(O[C@@H]2OC(C)[C@H](O)[C@H](O[C@@H]3OC(C)[C@H](O)[C@H](O)C3O)C2C)[C@@H]1NC(C)=O. The van der Waals surface area contributed by atoms with Gasteiger partial charge in [-0.05, 0) is 27.2 Å². The number of aliphatic hydroxyl groups excluding tert-OH is 11. The highest BCUT2D eigenvalue weighted by atomic mass is 16.8. The van der Waals surface area contributed by atoms with Gasteiger partial charge in [-0.3, -0.25) is 4.79 Å². The number of amides is 1. The first-order valence-electron chi connectivity index (χ1n) is 20.0. The molecule has 5 heterocycles. The number of hydrogen-bond donors (Lipinski definition) is 12. The number of hydrogen-bond acceptors (Lipinski definition) is 22. The third-order valence-electron chi connectivity index (χ3n) is 11.4. The lowest BCUT2D eigenvalue weighted by Gasteiger charge is -2.51. The maximum Gasteiger partial charge on any atom is 0.217 e. The fourth-order valence-electron chi connectivity index (χ4n) is 7.82. The lowest BCUT2D eigenvalue weighted by Crippen LogP contribution is -2.69. The van der Waals surface area contributed by atoms with Crippen LogP contribution >= 0.6 is 0 Å². The van der Waals surface area contributed by atoms with Crippen LogP contribution in [0.3, 0.4) is 0 Å². The fraction of sp³-hybridized carbons (Fsp3) is 0.972. The normalized spacial score (nSPS) is 51.0. The van der Waals surface area contributed by atoms with Crippen LogP contribution in [0.15, 0.2) is 0 Å². The highest BCUT2D eigenvalue weighted by Crippen LogP contribution is 2.38. The van der Waals surface area contributed by atoms with Crippen LogP contribution in [0.4, 0.5) is 0 Å². The number of ether oxygens (including phenoxy) is 10. The van der Waals surface area contributed by atoms with E-state index >= 15 is 0 Å². The minimum Gasteiger partial charge on any atom is -0.394 e. The van der Waals surface area contributed by atoms with E-state index in [4.69, 9.17) is 47.4 Å². The second kappa shape index (κ2) is 20.9. The van der Waals surface area contributed by atoms with Crippen LogP contribution in [0.5, 0.6) is 0 Å². The number of carbonyl (C=O) groups is 1. The standard InChI is InChI=1S/C36H63NO22/c1-7-8-50-36-31(30(21(43)14(5)53-36)58-35-27(49)25(47)22(44)16(9-38)55-35)59-33-18(37-15(6)40)29(23(45)17(10-39)54-33)57-32-11(2)28(20(42)13(4)51-32)56-34-26(48)24(46)19(41)12(3)52-34/h11-14,16-36,38-39,41-49H,7-10H2,1-6H3,(H,37,40)/t11?,12?,13?,14?,16-,17?,18-,19-,20-,21-,22+,23+,24-,25?,26?,27?,28+,29?,30-,31?,32-,33-,34-,35+,36+/m0/s1. The largest absolute Gasteiger partial charge is 0.394 e. The van der Waals surface area contributed by atoms with Crippen LogP contribution in [0.1, 0.15) is 48.0 Å². The molecular formula is C36H63NO22. The predicted molar refractivity (Wildman–Crippen MR) is 191 cm³/mol. The van der Waals surface area contributed by atoms with Crippen molar-refractivity contribution in [2.45, 2.75) is 195 Å². The van der Waals surface area contributed by atoms with Gasteiger partial charge in [0.1, 0.15) is 91.5 Å². The van der Waals surface area contributed by atoms with Gasteiger partial charge in [0.15, 0.2) is 31.5 Å². The molecule has 0 bridgehead atoms. The zero-order valence-corrected chi connectivity index (χ0v) is 33.7. The summed E-state index contributed by atoms with van der Waals surface area (Å²) in [5, 5.41) is 120. The summed E-state index contributed by atoms with van der Waals surface area (Å²) in [6.07, 6.45) is -33.4. The Labute approximate surface area is 340 Å². The molecule has 0 radical (unpaired) electrons. The van der Waals surface area contributed by atoms with E-state index in [1.807, 2.05) is 6.92 Å². The Bertz CT molecular complexity index is 1320. The van der Waals surface area contributed by atoms with Gasteiger partial charge in [-0.25, -0.2) is 0 Å². The monoisotopic (exact) mass is 861 g/mol. The van der Waals surface area contributed by atoms with E-state index in [1.165, 1.54) is 20.8 Å². The van der Waals surface area contributed by atoms with E-state index < -0.39 is 172 Å². The molecule has 25 atom stereocenters. The molecule has 12 N–H and O–H groups in total. The van der Waals surface area contributed by atoms with Crippen molar-refractivity contribution in [2.75, 3.05) is 19.8 Å². The summed E-state index contributed by atoms with van der Waals surface area (Å²) in [5.74, 6) is -1.58. The Morgan fingerprint density at radius 2 is 0.966 bits per heavy atom. The van der Waals surface area contributed by atoms with Crippen molar-refractivity contribution in [3.63, 3.8) is 0 Å². The second-order valence-electron chi connectivity index (χ2n) is 15.9. The average Bonchev–Trinajstić information content (AvgIpc) is 3.20. The van der Waals surface area contributed by atoms with Crippen LogP contribution in [0, 0.1) is 5.92 Å². The van der Waals surface area contributed by atoms with E-state index in [0.29, 0.717) is 6.42 Å². The number of aliphatic hydroxyl groups is 11. The minimum absolute atomic E-state index is 0.107. The van der Waals surface area contributed by atoms with Crippen molar-refractivity contribution in [2.24, 2.45) is 5.92 Å². The highest BCUT2D eigenvalue weighted by molar-refractivity contribution is 5.73. The maximum absolute atomic E-state index is 12.8. The van der Waals surface area contributed by atoms with Gasteiger partial charge in [-0.1, -0.05) is 13.8 Å². The molecule has 5 saturated heterocycles. The maximum atomic E-state index is 12.8. The van der Waals surface area contributed by atoms with Crippen LogP contribution in [0.2, 0.25) is 0 Å². The van der Waals surface area contributed by atoms with Gasteiger partial charge >= 0.3 is 0 Å². The molecule has 0 saturated carbocycles. The molecule has 0 spiro atoms. The first-order valence-corrected chi connectivity index (χ1v) is 20.0. The first-order chi connectivity index (χ1) is 27.8. The van der Waals surface area contributed by atoms with E-state index in [1.54, 1.807) is 6.92 Å². The van der Waals surface area contributed by atoms with E-state index in [0.717, 1.165) is 6.92 Å². The Morgan fingerprint density at radius 3 is 1.56 bits per heavy atom. The molecule has 0 aromatic rings. The van der Waals surface area contributed by atoms with Gasteiger partial charge in [0.05, 0.1) is 37.6 Å². The number of nitrogens with one attached hydrogen (secondary N) is 1. The second-order valence-corrected chi connectivity index (χ2v) is 15.9. The van der Waals surface area contributed by atoms with Gasteiger partial charge in [0.2, 0.25) is 5.91 Å². The molecule has 344 valence electrons. The smallest absolute Gasteiger partial charge is 0.217 e. The van der Waals surface area contributed by atoms with Crippen molar-refractivity contribution in [1.82, 2.24) is 5.32 Å². The van der Waals surface area contributed by atoms with Gasteiger partial charge < -0.3 is 109 Å². The summed E-state index contributed by atoms with van der Waals surface area (Å²) in [6.45, 7) is 7.53. The first kappa shape index (κ1) is 48.7. The molecule has 10 unspecified atom stereocenters. The Morgan fingerprint density at radius 1 is 0.508 bits per heavy atom. The van der Waals surface area contributed by atoms with Crippen molar-refractivity contribution in [1.29, 1.82) is 0 Å². The number of rotatable bonds is 14. The summed E-state index contributed by atoms with van der Waals surface area (Å²) in [7, 11) is 0. The van der Waals surface area contributed by atoms with Crippen LogP contribution in [-0.2, 0) is 52.2 Å². The topological polar surface area (TPSA) is 344 Å². The molecule has 5 aliphatic heterocycles. The van der Waals surface area contributed by atoms with Gasteiger partial charge in [-0.15, -0.1) is 0 Å². The van der Waals surface area contributed by atoms with Crippen molar-refractivity contribution < 1.29 is 108 Å². The van der Waals surface area contributed by atoms with E-state index in [-0.39, 0.29) is 6.61 Å². The zero-order chi connectivity index (χ0) is 43.6. The molecule has 0 aromatic carbocycles. The van der Waals surface area contributed by atoms with Crippen molar-refractivity contribution >= 4 is 5.91 Å². The van der Waals surface area contributed by atoms with Crippen LogP contribution < -0.4 is 5.32 Å². The van der Waals surface area contributed by atoms with Crippen LogP contribution in [0.25, 0.3) is 0 Å². The molecule has 1 amide bonds. The molecule has 23 heteroatoms. The molecule has 0 aromatic heterocycles. The lowest BCUT2D eigenvalue weighted by atomic mass is 9.91. The summed E-state index contributed by atoms with van der Waals surface area (Å²) < 4.78 is 59.9. The Hall–Kier alpha value is -1.37. The highest BCUT2D eigenvalue weighted by Gasteiger charge is 2.56.